The molecule has 0 unspecified atom stereocenters. The van der Waals surface area contributed by atoms with Crippen LogP contribution in [0.1, 0.15) is 25.2 Å². The van der Waals surface area contributed by atoms with Crippen molar-refractivity contribution >= 4 is 23.4 Å². The van der Waals surface area contributed by atoms with Gasteiger partial charge in [0.1, 0.15) is 17.2 Å². The summed E-state index contributed by atoms with van der Waals surface area (Å²) in [4.78, 5) is 0. The first-order valence-corrected chi connectivity index (χ1v) is 4.87. The summed E-state index contributed by atoms with van der Waals surface area (Å²) in [6.45, 7) is 5.54. The number of rotatable bonds is 1. The Kier molecular flexibility index (Phi) is 3.31. The van der Waals surface area contributed by atoms with E-state index in [0.717, 1.165) is 5.56 Å². The molecule has 0 saturated carbocycles. The Morgan fingerprint density at radius 3 is 2.50 bits per heavy atom. The van der Waals surface area contributed by atoms with Gasteiger partial charge in [-0.25, -0.2) is 4.39 Å². The molecular weight excluding hydrogens is 229 g/mol. The molecule has 0 saturated heterocycles. The first-order valence-electron chi connectivity index (χ1n) is 4.87. The maximum Gasteiger partial charge on any atom is 0.142 e. The number of furan rings is 1. The van der Waals surface area contributed by atoms with E-state index in [9.17, 15) is 4.39 Å². The molecule has 0 atom stereocenters. The van der Waals surface area contributed by atoms with E-state index >= 15 is 0 Å². The van der Waals surface area contributed by atoms with E-state index < -0.39 is 5.54 Å². The zero-order valence-corrected chi connectivity index (χ0v) is 10.3. The van der Waals surface area contributed by atoms with Gasteiger partial charge in [0, 0.05) is 11.1 Å². The summed E-state index contributed by atoms with van der Waals surface area (Å²) < 4.78 is 19.0. The predicted octanol–water partition coefficient (Wildman–Crippen LogP) is 3.50. The van der Waals surface area contributed by atoms with E-state index in [0.29, 0.717) is 16.7 Å². The van der Waals surface area contributed by atoms with E-state index in [1.807, 2.05) is 13.8 Å². The molecule has 0 amide bonds. The second-order valence-electron chi connectivity index (χ2n) is 4.42. The van der Waals surface area contributed by atoms with Gasteiger partial charge in [0.2, 0.25) is 0 Å². The maximum atomic E-state index is 13.5. The van der Waals surface area contributed by atoms with Crippen LogP contribution in [0.5, 0.6) is 0 Å². The van der Waals surface area contributed by atoms with Gasteiger partial charge in [-0.1, -0.05) is 6.07 Å². The monoisotopic (exact) mass is 243 g/mol. The van der Waals surface area contributed by atoms with Crippen LogP contribution < -0.4 is 5.73 Å². The van der Waals surface area contributed by atoms with Crippen molar-refractivity contribution in [2.75, 3.05) is 0 Å². The molecular formula is C12H15ClFNO. The number of halogens is 2. The lowest BCUT2D eigenvalue weighted by molar-refractivity contribution is 0.523. The summed E-state index contributed by atoms with van der Waals surface area (Å²) in [6, 6.07) is 4.81. The Morgan fingerprint density at radius 2 is 1.94 bits per heavy atom. The number of nitrogens with two attached hydrogens (primary N) is 1. The molecule has 0 fully saturated rings. The van der Waals surface area contributed by atoms with Gasteiger partial charge in [0.05, 0.1) is 5.39 Å². The van der Waals surface area contributed by atoms with Gasteiger partial charge in [-0.3, -0.25) is 0 Å². The van der Waals surface area contributed by atoms with Gasteiger partial charge in [-0.05, 0) is 32.9 Å². The van der Waals surface area contributed by atoms with E-state index in [-0.39, 0.29) is 18.2 Å². The number of benzene rings is 1. The first-order chi connectivity index (χ1) is 6.89. The third-order valence-electron chi connectivity index (χ3n) is 2.45. The summed E-state index contributed by atoms with van der Waals surface area (Å²) in [6.07, 6.45) is 0. The van der Waals surface area contributed by atoms with Crippen LogP contribution in [0.4, 0.5) is 4.39 Å². The predicted molar refractivity (Wildman–Crippen MR) is 65.4 cm³/mol. The van der Waals surface area contributed by atoms with Gasteiger partial charge >= 0.3 is 0 Å². The Labute approximate surface area is 100 Å². The Morgan fingerprint density at radius 1 is 1.31 bits per heavy atom. The summed E-state index contributed by atoms with van der Waals surface area (Å²) in [5.41, 5.74) is 6.85. The van der Waals surface area contributed by atoms with Crippen LogP contribution in [0, 0.1) is 12.7 Å². The lowest BCUT2D eigenvalue weighted by Gasteiger charge is -2.19. The molecule has 1 aromatic heterocycles. The highest BCUT2D eigenvalue weighted by Crippen LogP contribution is 2.30. The van der Waals surface area contributed by atoms with Crippen molar-refractivity contribution in [1.82, 2.24) is 0 Å². The first kappa shape index (κ1) is 13.0. The fraction of sp³-hybridized carbons (Fsp3) is 0.333. The highest BCUT2D eigenvalue weighted by molar-refractivity contribution is 5.85. The van der Waals surface area contributed by atoms with E-state index in [2.05, 4.69) is 0 Å². The lowest BCUT2D eigenvalue weighted by Crippen LogP contribution is -2.28. The largest absolute Gasteiger partial charge is 0.461 e. The molecule has 2 aromatic rings. The maximum absolute atomic E-state index is 13.5. The molecule has 0 aliphatic heterocycles. The topological polar surface area (TPSA) is 39.2 Å². The third kappa shape index (κ3) is 2.06. The van der Waals surface area contributed by atoms with Crippen molar-refractivity contribution in [1.29, 1.82) is 0 Å². The van der Waals surface area contributed by atoms with Crippen molar-refractivity contribution in [3.63, 3.8) is 0 Å². The molecule has 2 N–H and O–H groups in total. The van der Waals surface area contributed by atoms with Gasteiger partial charge in [0.25, 0.3) is 0 Å². The summed E-state index contributed by atoms with van der Waals surface area (Å²) in [5, 5.41) is 0.503. The quantitative estimate of drug-likeness (QED) is 0.833. The van der Waals surface area contributed by atoms with Crippen molar-refractivity contribution in [2.45, 2.75) is 26.3 Å². The fourth-order valence-electron chi connectivity index (χ4n) is 1.72. The zero-order valence-electron chi connectivity index (χ0n) is 9.50. The average Bonchev–Trinajstić information content (AvgIpc) is 2.45. The van der Waals surface area contributed by atoms with Crippen molar-refractivity contribution in [3.8, 4) is 0 Å². The normalized spacial score (nSPS) is 11.6. The highest BCUT2D eigenvalue weighted by Gasteiger charge is 2.21. The minimum Gasteiger partial charge on any atom is -0.461 e. The molecule has 88 valence electrons. The minimum atomic E-state index is -0.532. The van der Waals surface area contributed by atoms with E-state index in [1.165, 1.54) is 6.07 Å². The van der Waals surface area contributed by atoms with Gasteiger partial charge in [-0.2, -0.15) is 0 Å². The van der Waals surface area contributed by atoms with Crippen LogP contribution in [0.2, 0.25) is 0 Å². The molecule has 4 heteroatoms. The van der Waals surface area contributed by atoms with Crippen molar-refractivity contribution < 1.29 is 8.81 Å². The van der Waals surface area contributed by atoms with Crippen LogP contribution in [-0.4, -0.2) is 0 Å². The number of hydrogen-bond acceptors (Lipinski definition) is 2. The number of hydrogen-bond donors (Lipinski definition) is 1. The smallest absolute Gasteiger partial charge is 0.142 e. The van der Waals surface area contributed by atoms with Crippen LogP contribution in [0.25, 0.3) is 11.0 Å². The third-order valence-corrected chi connectivity index (χ3v) is 2.45. The molecule has 16 heavy (non-hydrogen) atoms. The van der Waals surface area contributed by atoms with Crippen molar-refractivity contribution in [3.05, 3.63) is 35.3 Å². The van der Waals surface area contributed by atoms with Crippen LogP contribution in [-0.2, 0) is 5.54 Å². The molecule has 0 bridgehead atoms. The second-order valence-corrected chi connectivity index (χ2v) is 4.42. The minimum absolute atomic E-state index is 0. The van der Waals surface area contributed by atoms with Crippen LogP contribution in [0.15, 0.2) is 22.6 Å². The number of aryl methyl sites for hydroxylation is 1. The summed E-state index contributed by atoms with van der Waals surface area (Å²) in [5.74, 6) is 0.426. The Bertz CT molecular complexity index is 513. The Hall–Kier alpha value is -1.06. The summed E-state index contributed by atoms with van der Waals surface area (Å²) in [7, 11) is 0. The van der Waals surface area contributed by atoms with E-state index in [1.54, 1.807) is 19.1 Å². The van der Waals surface area contributed by atoms with Crippen LogP contribution >= 0.6 is 12.4 Å². The second kappa shape index (κ2) is 4.07. The molecule has 0 spiro atoms. The molecule has 2 nitrogen and oxygen atoms in total. The SMILES string of the molecule is Cc1cc2c(F)ccc(C(C)(C)N)c2o1.Cl. The van der Waals surface area contributed by atoms with Gasteiger partial charge in [-0.15, -0.1) is 12.4 Å². The molecule has 1 aromatic carbocycles. The number of fused-ring (bicyclic) bond motifs is 1. The van der Waals surface area contributed by atoms with Crippen LogP contribution in [0.3, 0.4) is 0 Å². The summed E-state index contributed by atoms with van der Waals surface area (Å²) >= 11 is 0. The lowest BCUT2D eigenvalue weighted by atomic mass is 9.94. The van der Waals surface area contributed by atoms with E-state index in [4.69, 9.17) is 10.2 Å². The van der Waals surface area contributed by atoms with Gasteiger partial charge in [0.15, 0.2) is 0 Å². The standard InChI is InChI=1S/C12H14FNO.ClH/c1-7-6-8-10(13)5-4-9(11(8)15-7)12(2,3)14;/h4-6H,14H2,1-3H3;1H. The van der Waals surface area contributed by atoms with Gasteiger partial charge < -0.3 is 10.2 Å². The molecule has 0 aliphatic rings. The Balaban J connectivity index is 0.00000128. The molecule has 2 rings (SSSR count). The zero-order chi connectivity index (χ0) is 11.2. The average molecular weight is 244 g/mol. The molecule has 0 radical (unpaired) electrons. The van der Waals surface area contributed by atoms with Crippen molar-refractivity contribution in [2.24, 2.45) is 5.73 Å². The molecule has 1 heterocycles. The highest BCUT2D eigenvalue weighted by atomic mass is 35.5. The molecule has 0 aliphatic carbocycles. The fourth-order valence-corrected chi connectivity index (χ4v) is 1.72.